The van der Waals surface area contributed by atoms with Gasteiger partial charge in [-0.2, -0.15) is 0 Å². The molecule has 0 saturated carbocycles. The summed E-state index contributed by atoms with van der Waals surface area (Å²) in [6.07, 6.45) is 1.66. The maximum atomic E-state index is 8.68. The van der Waals surface area contributed by atoms with Crippen molar-refractivity contribution in [2.24, 2.45) is 5.16 Å². The van der Waals surface area contributed by atoms with Gasteiger partial charge in [0.25, 0.3) is 0 Å². The summed E-state index contributed by atoms with van der Waals surface area (Å²) in [5, 5.41) is 12.8. The third kappa shape index (κ3) is 2.30. The Morgan fingerprint density at radius 3 is 2.56 bits per heavy atom. The van der Waals surface area contributed by atoms with Crippen molar-refractivity contribution in [2.75, 3.05) is 18.0 Å². The molecule has 3 nitrogen and oxygen atoms in total. The van der Waals surface area contributed by atoms with E-state index >= 15 is 0 Å². The van der Waals surface area contributed by atoms with E-state index in [4.69, 9.17) is 16.8 Å². The molecule has 0 spiro atoms. The van der Waals surface area contributed by atoms with E-state index in [1.807, 2.05) is 19.1 Å². The molecule has 1 N–H and O–H groups in total. The zero-order chi connectivity index (χ0) is 11.5. The van der Waals surface area contributed by atoms with Crippen LogP contribution in [0.5, 0.6) is 0 Å². The van der Waals surface area contributed by atoms with Gasteiger partial charge in [0.15, 0.2) is 0 Å². The quantitative estimate of drug-likeness (QED) is 0.603. The average Bonchev–Trinajstić information content (AvgIpc) is 2.33. The van der Waals surface area contributed by atoms with Crippen molar-refractivity contribution >= 4 is 23.0 Å². The highest BCUT2D eigenvalue weighted by molar-refractivity contribution is 6.31. The molecule has 2 rings (SSSR count). The van der Waals surface area contributed by atoms with Crippen LogP contribution in [0, 0.1) is 6.92 Å². The lowest BCUT2D eigenvalue weighted by Crippen LogP contribution is -2.33. The van der Waals surface area contributed by atoms with Crippen molar-refractivity contribution in [3.05, 3.63) is 28.8 Å². The van der Waals surface area contributed by atoms with Gasteiger partial charge < -0.3 is 10.1 Å². The number of halogens is 1. The Morgan fingerprint density at radius 2 is 2.00 bits per heavy atom. The topological polar surface area (TPSA) is 35.8 Å². The van der Waals surface area contributed by atoms with Gasteiger partial charge in [0.2, 0.25) is 0 Å². The molecule has 0 radical (unpaired) electrons. The van der Waals surface area contributed by atoms with Crippen molar-refractivity contribution in [1.29, 1.82) is 0 Å². The fourth-order valence-corrected chi connectivity index (χ4v) is 2.07. The molecule has 1 saturated heterocycles. The van der Waals surface area contributed by atoms with Crippen molar-refractivity contribution < 1.29 is 5.21 Å². The van der Waals surface area contributed by atoms with Gasteiger partial charge in [-0.05, 0) is 30.7 Å². The number of nitrogens with zero attached hydrogens (tertiary/aromatic N) is 2. The molecule has 0 atom stereocenters. The molecule has 16 heavy (non-hydrogen) atoms. The Balaban J connectivity index is 2.11. The largest absolute Gasteiger partial charge is 0.411 e. The summed E-state index contributed by atoms with van der Waals surface area (Å²) in [6.45, 7) is 3.82. The van der Waals surface area contributed by atoms with Crippen molar-refractivity contribution in [3.63, 3.8) is 0 Å². The van der Waals surface area contributed by atoms with E-state index in [1.165, 1.54) is 5.69 Å². The molecule has 0 aliphatic carbocycles. The van der Waals surface area contributed by atoms with Crippen molar-refractivity contribution in [1.82, 2.24) is 0 Å². The van der Waals surface area contributed by atoms with E-state index in [2.05, 4.69) is 16.1 Å². The summed E-state index contributed by atoms with van der Waals surface area (Å²) in [5.41, 5.74) is 3.18. The molecular weight excluding hydrogens is 224 g/mol. The van der Waals surface area contributed by atoms with Crippen LogP contribution in [0.1, 0.15) is 18.4 Å². The molecule has 1 aromatic rings. The van der Waals surface area contributed by atoms with E-state index in [1.54, 1.807) is 0 Å². The van der Waals surface area contributed by atoms with Crippen molar-refractivity contribution in [2.45, 2.75) is 19.8 Å². The van der Waals surface area contributed by atoms with Crippen LogP contribution in [0.3, 0.4) is 0 Å². The van der Waals surface area contributed by atoms with Gasteiger partial charge in [-0.15, -0.1) is 0 Å². The SMILES string of the molecule is Cc1cc(N2CCC(=NO)CC2)ccc1Cl. The van der Waals surface area contributed by atoms with Gasteiger partial charge in [-0.3, -0.25) is 0 Å². The molecular formula is C12H15ClN2O. The highest BCUT2D eigenvalue weighted by Gasteiger charge is 2.15. The number of anilines is 1. The number of oxime groups is 1. The lowest BCUT2D eigenvalue weighted by atomic mass is 10.1. The fourth-order valence-electron chi connectivity index (χ4n) is 1.95. The Hall–Kier alpha value is -1.22. The second kappa shape index (κ2) is 4.74. The normalized spacial score (nSPS) is 16.4. The van der Waals surface area contributed by atoms with Gasteiger partial charge >= 0.3 is 0 Å². The highest BCUT2D eigenvalue weighted by atomic mass is 35.5. The molecule has 1 aliphatic heterocycles. The van der Waals surface area contributed by atoms with Crippen LogP contribution in [0.2, 0.25) is 5.02 Å². The Kier molecular flexibility index (Phi) is 3.34. The summed E-state index contributed by atoms with van der Waals surface area (Å²) in [7, 11) is 0. The van der Waals surface area contributed by atoms with Crippen LogP contribution in [0.15, 0.2) is 23.4 Å². The first kappa shape index (κ1) is 11.3. The zero-order valence-electron chi connectivity index (χ0n) is 9.28. The van der Waals surface area contributed by atoms with Crippen LogP contribution in [-0.4, -0.2) is 24.0 Å². The number of hydrogen-bond acceptors (Lipinski definition) is 3. The molecule has 0 amide bonds. The lowest BCUT2D eigenvalue weighted by molar-refractivity contribution is 0.315. The maximum Gasteiger partial charge on any atom is 0.0606 e. The molecule has 1 aliphatic rings. The molecule has 1 aromatic carbocycles. The Morgan fingerprint density at radius 1 is 1.31 bits per heavy atom. The van der Waals surface area contributed by atoms with E-state index in [9.17, 15) is 0 Å². The van der Waals surface area contributed by atoms with Crippen LogP contribution >= 0.6 is 11.6 Å². The minimum absolute atomic E-state index is 0.804. The summed E-state index contributed by atoms with van der Waals surface area (Å²) in [5.74, 6) is 0. The Bertz CT molecular complexity index is 407. The third-order valence-electron chi connectivity index (χ3n) is 2.99. The monoisotopic (exact) mass is 238 g/mol. The molecule has 0 bridgehead atoms. The first-order chi connectivity index (χ1) is 7.70. The summed E-state index contributed by atoms with van der Waals surface area (Å²) in [4.78, 5) is 2.29. The molecule has 0 unspecified atom stereocenters. The number of hydrogen-bond donors (Lipinski definition) is 1. The zero-order valence-corrected chi connectivity index (χ0v) is 10.0. The minimum atomic E-state index is 0.804. The number of aryl methyl sites for hydroxylation is 1. The number of piperidine rings is 1. The fraction of sp³-hybridized carbons (Fsp3) is 0.417. The summed E-state index contributed by atoms with van der Waals surface area (Å²) in [6, 6.07) is 6.07. The first-order valence-corrected chi connectivity index (χ1v) is 5.79. The molecule has 1 fully saturated rings. The molecule has 0 aromatic heterocycles. The lowest BCUT2D eigenvalue weighted by Gasteiger charge is -2.29. The van der Waals surface area contributed by atoms with Gasteiger partial charge in [0.1, 0.15) is 0 Å². The second-order valence-corrected chi connectivity index (χ2v) is 4.49. The molecule has 86 valence electrons. The maximum absolute atomic E-state index is 8.68. The van der Waals surface area contributed by atoms with E-state index in [0.717, 1.165) is 42.2 Å². The van der Waals surface area contributed by atoms with E-state index in [-0.39, 0.29) is 0 Å². The van der Waals surface area contributed by atoms with Crippen LogP contribution in [0.4, 0.5) is 5.69 Å². The predicted octanol–water partition coefficient (Wildman–Crippen LogP) is 3.08. The van der Waals surface area contributed by atoms with Gasteiger partial charge in [0, 0.05) is 36.6 Å². The van der Waals surface area contributed by atoms with Gasteiger partial charge in [-0.1, -0.05) is 16.8 Å². The van der Waals surface area contributed by atoms with E-state index in [0.29, 0.717) is 0 Å². The summed E-state index contributed by atoms with van der Waals surface area (Å²) >= 11 is 5.99. The number of rotatable bonds is 1. The Labute approximate surface area is 100 Å². The van der Waals surface area contributed by atoms with Gasteiger partial charge in [-0.25, -0.2) is 0 Å². The van der Waals surface area contributed by atoms with Gasteiger partial charge in [0.05, 0.1) is 5.71 Å². The average molecular weight is 239 g/mol. The standard InChI is InChI=1S/C12H15ClN2O/c1-9-8-11(2-3-12(9)13)15-6-4-10(14-16)5-7-15/h2-3,8,16H,4-7H2,1H3. The third-order valence-corrected chi connectivity index (χ3v) is 3.41. The number of benzene rings is 1. The van der Waals surface area contributed by atoms with Crippen molar-refractivity contribution in [3.8, 4) is 0 Å². The molecule has 1 heterocycles. The first-order valence-electron chi connectivity index (χ1n) is 5.41. The van der Waals surface area contributed by atoms with Crippen LogP contribution in [-0.2, 0) is 0 Å². The second-order valence-electron chi connectivity index (χ2n) is 4.09. The van der Waals surface area contributed by atoms with E-state index < -0.39 is 0 Å². The van der Waals surface area contributed by atoms with Crippen LogP contribution in [0.25, 0.3) is 0 Å². The smallest absolute Gasteiger partial charge is 0.0606 e. The minimum Gasteiger partial charge on any atom is -0.411 e. The molecule has 4 heteroatoms. The summed E-state index contributed by atoms with van der Waals surface area (Å²) < 4.78 is 0. The highest BCUT2D eigenvalue weighted by Crippen LogP contribution is 2.24. The van der Waals surface area contributed by atoms with Crippen LogP contribution < -0.4 is 4.90 Å². The predicted molar refractivity (Wildman–Crippen MR) is 66.9 cm³/mol.